The molecule has 2 aliphatic heterocycles. The SMILES string of the molecule is CC(C)(C)OC(=O)N(CCCCCC#Cc1ccc2c(c1)CN(C1CCC(=O)NC1=O)C2=O)C1CCC(O)CC1. The molecule has 4 rings (SSSR count). The van der Waals surface area contributed by atoms with E-state index in [4.69, 9.17) is 4.74 Å². The van der Waals surface area contributed by atoms with E-state index in [2.05, 4.69) is 17.2 Å². The summed E-state index contributed by atoms with van der Waals surface area (Å²) in [6.45, 7) is 6.59. The van der Waals surface area contributed by atoms with Gasteiger partial charge in [0, 0.05) is 43.1 Å². The molecular weight excluding hydrogens is 510 g/mol. The third-order valence-electron chi connectivity index (χ3n) is 7.69. The van der Waals surface area contributed by atoms with Crippen molar-refractivity contribution in [1.29, 1.82) is 0 Å². The first kappa shape index (κ1) is 29.6. The number of ether oxygens (including phenoxy) is 1. The standard InChI is InChI=1S/C31H41N3O6/c1-31(2,3)40-30(39)33(23-11-13-24(35)14-12-23)18-8-6-4-5-7-9-21-10-15-25-22(19-21)20-34(29(25)38)26-16-17-27(36)32-28(26)37/h10,15,19,23-24,26,35H,4-6,8,11-14,16-18,20H2,1-3H3,(H,32,36,37). The lowest BCUT2D eigenvalue weighted by Crippen LogP contribution is -2.52. The van der Waals surface area contributed by atoms with Crippen LogP contribution in [0.15, 0.2) is 18.2 Å². The predicted octanol–water partition coefficient (Wildman–Crippen LogP) is 3.90. The average Bonchev–Trinajstić information content (AvgIpc) is 3.20. The third-order valence-corrected chi connectivity index (χ3v) is 7.69. The molecule has 2 N–H and O–H groups in total. The van der Waals surface area contributed by atoms with E-state index in [1.54, 1.807) is 11.0 Å². The van der Waals surface area contributed by atoms with Crippen molar-refractivity contribution in [3.8, 4) is 11.8 Å². The van der Waals surface area contributed by atoms with Crippen LogP contribution >= 0.6 is 0 Å². The molecule has 1 aromatic rings. The van der Waals surface area contributed by atoms with Gasteiger partial charge in [-0.05, 0) is 89.5 Å². The summed E-state index contributed by atoms with van der Waals surface area (Å²) in [5, 5.41) is 12.2. The number of rotatable bonds is 7. The predicted molar refractivity (Wildman–Crippen MR) is 149 cm³/mol. The van der Waals surface area contributed by atoms with E-state index >= 15 is 0 Å². The van der Waals surface area contributed by atoms with Gasteiger partial charge in [0.25, 0.3) is 5.91 Å². The maximum atomic E-state index is 12.9. The lowest BCUT2D eigenvalue weighted by molar-refractivity contribution is -0.136. The van der Waals surface area contributed by atoms with Gasteiger partial charge in [0.2, 0.25) is 11.8 Å². The molecule has 1 atom stereocenters. The molecule has 1 saturated carbocycles. The van der Waals surface area contributed by atoms with Gasteiger partial charge in [-0.15, -0.1) is 0 Å². The molecule has 3 aliphatic rings. The monoisotopic (exact) mass is 551 g/mol. The number of imide groups is 1. The molecule has 1 unspecified atom stereocenters. The molecule has 4 amide bonds. The molecule has 1 saturated heterocycles. The first-order valence-electron chi connectivity index (χ1n) is 14.5. The average molecular weight is 552 g/mol. The molecule has 9 heteroatoms. The zero-order valence-electron chi connectivity index (χ0n) is 23.8. The van der Waals surface area contributed by atoms with E-state index in [-0.39, 0.29) is 36.5 Å². The number of aliphatic hydroxyl groups is 1. The molecule has 9 nitrogen and oxygen atoms in total. The van der Waals surface area contributed by atoms with Gasteiger partial charge in [-0.3, -0.25) is 19.7 Å². The van der Waals surface area contributed by atoms with Gasteiger partial charge in [-0.25, -0.2) is 4.79 Å². The molecule has 0 bridgehead atoms. The molecule has 1 aromatic carbocycles. The second kappa shape index (κ2) is 12.9. The largest absolute Gasteiger partial charge is 0.444 e. The Balaban J connectivity index is 1.25. The maximum Gasteiger partial charge on any atom is 0.410 e. The normalized spacial score (nSPS) is 22.8. The number of aliphatic hydroxyl groups excluding tert-OH is 1. The molecule has 40 heavy (non-hydrogen) atoms. The van der Waals surface area contributed by atoms with Crippen LogP contribution in [0.1, 0.15) is 106 Å². The summed E-state index contributed by atoms with van der Waals surface area (Å²) in [5.41, 5.74) is 1.70. The Morgan fingerprint density at radius 1 is 1.10 bits per heavy atom. The molecule has 0 radical (unpaired) electrons. The highest BCUT2D eigenvalue weighted by molar-refractivity contribution is 6.05. The van der Waals surface area contributed by atoms with Gasteiger partial charge in [-0.2, -0.15) is 0 Å². The summed E-state index contributed by atoms with van der Waals surface area (Å²) in [4.78, 5) is 52.8. The van der Waals surface area contributed by atoms with Gasteiger partial charge in [0.05, 0.1) is 6.10 Å². The highest BCUT2D eigenvalue weighted by Gasteiger charge is 2.39. The quantitative estimate of drug-likeness (QED) is 0.302. The first-order valence-corrected chi connectivity index (χ1v) is 14.5. The van der Waals surface area contributed by atoms with Gasteiger partial charge < -0.3 is 19.6 Å². The summed E-state index contributed by atoms with van der Waals surface area (Å²) >= 11 is 0. The number of fused-ring (bicyclic) bond motifs is 1. The second-order valence-corrected chi connectivity index (χ2v) is 12.0. The van der Waals surface area contributed by atoms with Gasteiger partial charge >= 0.3 is 6.09 Å². The Hall–Kier alpha value is -3.38. The van der Waals surface area contributed by atoms with E-state index in [0.717, 1.165) is 49.7 Å². The molecule has 2 heterocycles. The Morgan fingerprint density at radius 2 is 1.85 bits per heavy atom. The fraction of sp³-hybridized carbons (Fsp3) is 0.613. The fourth-order valence-corrected chi connectivity index (χ4v) is 5.60. The number of carbonyl (C=O) groups excluding carboxylic acids is 4. The molecule has 0 aromatic heterocycles. The Kier molecular flexibility index (Phi) is 9.52. The second-order valence-electron chi connectivity index (χ2n) is 12.0. The van der Waals surface area contributed by atoms with Crippen molar-refractivity contribution in [1.82, 2.24) is 15.1 Å². The van der Waals surface area contributed by atoms with Crippen LogP contribution in [0.5, 0.6) is 0 Å². The zero-order chi connectivity index (χ0) is 28.9. The number of amides is 4. The number of hydrogen-bond donors (Lipinski definition) is 2. The number of carbonyl (C=O) groups is 4. The van der Waals surface area contributed by atoms with Crippen LogP contribution in [-0.4, -0.2) is 69.1 Å². The number of benzene rings is 1. The van der Waals surface area contributed by atoms with E-state index < -0.39 is 17.6 Å². The van der Waals surface area contributed by atoms with E-state index in [1.165, 1.54) is 0 Å². The van der Waals surface area contributed by atoms with Gasteiger partial charge in [0.1, 0.15) is 11.6 Å². The van der Waals surface area contributed by atoms with Crippen LogP contribution in [0.25, 0.3) is 0 Å². The molecule has 1 aliphatic carbocycles. The van der Waals surface area contributed by atoms with Crippen LogP contribution < -0.4 is 5.32 Å². The summed E-state index contributed by atoms with van der Waals surface area (Å²) in [5.74, 6) is 5.51. The Labute approximate surface area is 236 Å². The van der Waals surface area contributed by atoms with Crippen molar-refractivity contribution in [3.63, 3.8) is 0 Å². The van der Waals surface area contributed by atoms with Crippen molar-refractivity contribution in [3.05, 3.63) is 34.9 Å². The van der Waals surface area contributed by atoms with Crippen molar-refractivity contribution < 1.29 is 29.0 Å². The van der Waals surface area contributed by atoms with E-state index in [1.807, 2.05) is 37.8 Å². The van der Waals surface area contributed by atoms with Crippen LogP contribution in [-0.2, 0) is 20.9 Å². The van der Waals surface area contributed by atoms with Crippen LogP contribution in [0.4, 0.5) is 4.79 Å². The highest BCUT2D eigenvalue weighted by Crippen LogP contribution is 2.28. The lowest BCUT2D eigenvalue weighted by Gasteiger charge is -2.36. The van der Waals surface area contributed by atoms with E-state index in [9.17, 15) is 24.3 Å². The number of hydrogen-bond acceptors (Lipinski definition) is 6. The molecule has 216 valence electrons. The summed E-state index contributed by atoms with van der Waals surface area (Å²) in [7, 11) is 0. The smallest absolute Gasteiger partial charge is 0.410 e. The van der Waals surface area contributed by atoms with Crippen LogP contribution in [0.3, 0.4) is 0 Å². The van der Waals surface area contributed by atoms with Crippen LogP contribution in [0, 0.1) is 11.8 Å². The van der Waals surface area contributed by atoms with E-state index in [0.29, 0.717) is 37.9 Å². The number of nitrogens with zero attached hydrogens (tertiary/aromatic N) is 2. The zero-order valence-corrected chi connectivity index (χ0v) is 23.8. The maximum absolute atomic E-state index is 12.9. The topological polar surface area (TPSA) is 116 Å². The lowest BCUT2D eigenvalue weighted by atomic mass is 9.92. The summed E-state index contributed by atoms with van der Waals surface area (Å²) < 4.78 is 5.66. The third kappa shape index (κ3) is 7.63. The van der Waals surface area contributed by atoms with Gasteiger partial charge in [0.15, 0.2) is 0 Å². The highest BCUT2D eigenvalue weighted by atomic mass is 16.6. The minimum absolute atomic E-state index is 0.107. The molecule has 2 fully saturated rings. The number of unbranched alkanes of at least 4 members (excludes halogenated alkanes) is 3. The number of piperidine rings is 1. The van der Waals surface area contributed by atoms with Crippen molar-refractivity contribution in [2.75, 3.05) is 6.54 Å². The fourth-order valence-electron chi connectivity index (χ4n) is 5.60. The minimum atomic E-state index is -0.622. The number of nitrogens with one attached hydrogen (secondary N) is 1. The Bertz CT molecular complexity index is 1190. The van der Waals surface area contributed by atoms with Gasteiger partial charge in [-0.1, -0.05) is 18.3 Å². The molecular formula is C31H41N3O6. The summed E-state index contributed by atoms with van der Waals surface area (Å²) in [6.07, 6.45) is 6.47. The molecule has 0 spiro atoms. The van der Waals surface area contributed by atoms with Crippen LogP contribution in [0.2, 0.25) is 0 Å². The van der Waals surface area contributed by atoms with Crippen molar-refractivity contribution in [2.45, 2.75) is 115 Å². The van der Waals surface area contributed by atoms with Crippen molar-refractivity contribution >= 4 is 23.8 Å². The van der Waals surface area contributed by atoms with Crippen molar-refractivity contribution in [2.24, 2.45) is 0 Å². The Morgan fingerprint density at radius 3 is 2.55 bits per heavy atom. The first-order chi connectivity index (χ1) is 19.0. The minimum Gasteiger partial charge on any atom is -0.444 e. The summed E-state index contributed by atoms with van der Waals surface area (Å²) in [6, 6.07) is 4.99.